The van der Waals surface area contributed by atoms with Gasteiger partial charge in [0.25, 0.3) is 15.9 Å². The Balaban J connectivity index is 1.67. The molecule has 1 aliphatic rings. The molecule has 2 aromatic carbocycles. The van der Waals surface area contributed by atoms with E-state index >= 15 is 0 Å². The number of ether oxygens (including phenoxy) is 2. The molecule has 3 N–H and O–H groups in total. The smallest absolute Gasteiger partial charge is 0.323 e. The van der Waals surface area contributed by atoms with Crippen LogP contribution in [-0.4, -0.2) is 90.2 Å². The minimum Gasteiger partial charge on any atom is -0.497 e. The number of aliphatic hydroxyl groups is 1. The molecule has 2 heterocycles. The number of methoxy groups -OCH3 is 1. The lowest BCUT2D eigenvalue weighted by atomic mass is 9.99. The van der Waals surface area contributed by atoms with Gasteiger partial charge in [-0.25, -0.2) is 18.2 Å². The number of anilines is 2. The van der Waals surface area contributed by atoms with Crippen molar-refractivity contribution in [2.75, 3.05) is 44.5 Å². The Labute approximate surface area is 245 Å². The number of para-hydroxylation sites is 1. The molecule has 0 saturated carbocycles. The van der Waals surface area contributed by atoms with Crippen LogP contribution >= 0.6 is 0 Å². The third-order valence-electron chi connectivity index (χ3n) is 7.08. The van der Waals surface area contributed by atoms with Crippen LogP contribution < -0.4 is 20.1 Å². The maximum Gasteiger partial charge on any atom is 0.323 e. The highest BCUT2D eigenvalue weighted by molar-refractivity contribution is 7.89. The van der Waals surface area contributed by atoms with Gasteiger partial charge in [-0.2, -0.15) is 4.31 Å². The molecule has 0 bridgehead atoms. The lowest BCUT2D eigenvalue weighted by Gasteiger charge is -2.38. The van der Waals surface area contributed by atoms with Crippen molar-refractivity contribution in [1.82, 2.24) is 18.8 Å². The standard InChI is InChI=1S/C28H36N6O7S/c1-18-13-34(19(2)16-35)27(36)22-7-6-8-23(31-28(37)30-20-9-11-21(40-5)12-10-20)26(22)41-24(18)14-33(4)42(38,39)25-15-32(3)17-29-25/h6-12,15,17-19,24,35H,13-14,16H2,1-5H3,(H2,30,31,37)/t18-,19+,24-/m1/s1. The van der Waals surface area contributed by atoms with E-state index in [0.29, 0.717) is 11.4 Å². The maximum absolute atomic E-state index is 13.7. The van der Waals surface area contributed by atoms with Gasteiger partial charge in [-0.1, -0.05) is 13.0 Å². The summed E-state index contributed by atoms with van der Waals surface area (Å²) in [6.07, 6.45) is 2.08. The number of nitrogens with one attached hydrogen (secondary N) is 2. The second kappa shape index (κ2) is 12.8. The van der Waals surface area contributed by atoms with Gasteiger partial charge >= 0.3 is 6.03 Å². The molecule has 0 fully saturated rings. The summed E-state index contributed by atoms with van der Waals surface area (Å²) in [5.41, 5.74) is 0.905. The van der Waals surface area contributed by atoms with E-state index < -0.39 is 28.2 Å². The fraction of sp³-hybridized carbons (Fsp3) is 0.393. The molecule has 0 aliphatic carbocycles. The molecule has 0 spiro atoms. The molecule has 3 aromatic rings. The summed E-state index contributed by atoms with van der Waals surface area (Å²) < 4.78 is 40.7. The highest BCUT2D eigenvalue weighted by atomic mass is 32.2. The van der Waals surface area contributed by atoms with Gasteiger partial charge in [0, 0.05) is 38.4 Å². The van der Waals surface area contributed by atoms with E-state index in [1.54, 1.807) is 68.1 Å². The van der Waals surface area contributed by atoms with E-state index in [4.69, 9.17) is 9.47 Å². The quantitative estimate of drug-likeness (QED) is 0.339. The van der Waals surface area contributed by atoms with Crippen LogP contribution in [0.25, 0.3) is 0 Å². The Hall–Kier alpha value is -4.14. The van der Waals surface area contributed by atoms with Crippen LogP contribution in [0.1, 0.15) is 24.2 Å². The van der Waals surface area contributed by atoms with E-state index in [9.17, 15) is 23.1 Å². The minimum absolute atomic E-state index is 0.0680. The van der Waals surface area contributed by atoms with Crippen LogP contribution in [0.5, 0.6) is 11.5 Å². The zero-order valence-corrected chi connectivity index (χ0v) is 25.0. The van der Waals surface area contributed by atoms with Gasteiger partial charge in [-0.3, -0.25) is 4.79 Å². The Bertz CT molecular complexity index is 1530. The molecule has 226 valence electrons. The molecule has 3 amide bonds. The van der Waals surface area contributed by atoms with E-state index in [1.807, 2.05) is 6.92 Å². The Morgan fingerprint density at radius 2 is 1.95 bits per heavy atom. The normalized spacial score (nSPS) is 18.0. The van der Waals surface area contributed by atoms with Crippen LogP contribution in [0.4, 0.5) is 16.2 Å². The SMILES string of the molecule is COc1ccc(NC(=O)Nc2cccc3c2O[C@H](CN(C)S(=O)(=O)c2cn(C)cn2)[C@H](C)CN([C@@H](C)CO)C3=O)cc1. The number of fused-ring (bicyclic) bond motifs is 1. The van der Waals surface area contributed by atoms with Gasteiger partial charge in [0.15, 0.2) is 10.8 Å². The van der Waals surface area contributed by atoms with Crippen LogP contribution in [0.15, 0.2) is 60.0 Å². The number of carbonyl (C=O) groups is 2. The van der Waals surface area contributed by atoms with E-state index in [1.165, 1.54) is 24.5 Å². The van der Waals surface area contributed by atoms with Crippen molar-refractivity contribution in [1.29, 1.82) is 0 Å². The number of hydrogen-bond donors (Lipinski definition) is 3. The number of aromatic nitrogens is 2. The summed E-state index contributed by atoms with van der Waals surface area (Å²) in [6.45, 7) is 3.44. The number of hydrogen-bond acceptors (Lipinski definition) is 8. The third kappa shape index (κ3) is 6.66. The van der Waals surface area contributed by atoms with Crippen molar-refractivity contribution < 1.29 is 32.6 Å². The second-order valence-electron chi connectivity index (χ2n) is 10.3. The topological polar surface area (TPSA) is 155 Å². The first-order valence-corrected chi connectivity index (χ1v) is 14.8. The molecule has 4 rings (SSSR count). The number of aryl methyl sites for hydroxylation is 1. The predicted octanol–water partition coefficient (Wildman–Crippen LogP) is 2.61. The Morgan fingerprint density at radius 3 is 2.57 bits per heavy atom. The summed E-state index contributed by atoms with van der Waals surface area (Å²) in [4.78, 5) is 32.2. The third-order valence-corrected chi connectivity index (χ3v) is 8.79. The molecule has 42 heavy (non-hydrogen) atoms. The summed E-state index contributed by atoms with van der Waals surface area (Å²) >= 11 is 0. The summed E-state index contributed by atoms with van der Waals surface area (Å²) in [5, 5.41) is 15.3. The van der Waals surface area contributed by atoms with Crippen LogP contribution in [0, 0.1) is 5.92 Å². The average molecular weight is 601 g/mol. The Kier molecular flexibility index (Phi) is 9.39. The minimum atomic E-state index is -3.94. The number of amides is 3. The van der Waals surface area contributed by atoms with Crippen molar-refractivity contribution in [3.05, 3.63) is 60.6 Å². The average Bonchev–Trinajstić information content (AvgIpc) is 3.42. The monoisotopic (exact) mass is 600 g/mol. The lowest BCUT2D eigenvalue weighted by Crippen LogP contribution is -2.50. The number of sulfonamides is 1. The fourth-order valence-electron chi connectivity index (χ4n) is 4.55. The van der Waals surface area contributed by atoms with Gasteiger partial charge < -0.3 is 34.7 Å². The zero-order valence-electron chi connectivity index (χ0n) is 24.1. The number of urea groups is 1. The molecule has 13 nitrogen and oxygen atoms in total. The van der Waals surface area contributed by atoms with Gasteiger partial charge in [0.2, 0.25) is 0 Å². The number of likely N-dealkylation sites (N-methyl/N-ethyl adjacent to an activating group) is 1. The van der Waals surface area contributed by atoms with E-state index in [-0.39, 0.29) is 53.5 Å². The van der Waals surface area contributed by atoms with Crippen molar-refractivity contribution in [2.24, 2.45) is 13.0 Å². The maximum atomic E-state index is 13.7. The predicted molar refractivity (Wildman–Crippen MR) is 156 cm³/mol. The van der Waals surface area contributed by atoms with Crippen molar-refractivity contribution in [3.8, 4) is 11.5 Å². The van der Waals surface area contributed by atoms with Crippen molar-refractivity contribution >= 4 is 33.3 Å². The lowest BCUT2D eigenvalue weighted by molar-refractivity contribution is 0.0389. The van der Waals surface area contributed by atoms with Gasteiger partial charge in [-0.15, -0.1) is 0 Å². The van der Waals surface area contributed by atoms with Gasteiger partial charge in [0.05, 0.1) is 43.9 Å². The van der Waals surface area contributed by atoms with E-state index in [0.717, 1.165) is 4.31 Å². The number of carbonyl (C=O) groups excluding carboxylic acids is 2. The van der Waals surface area contributed by atoms with Crippen molar-refractivity contribution in [2.45, 2.75) is 31.0 Å². The first-order valence-electron chi connectivity index (χ1n) is 13.3. The summed E-state index contributed by atoms with van der Waals surface area (Å²) in [5.74, 6) is -0.0129. The molecule has 0 saturated heterocycles. The van der Waals surface area contributed by atoms with Crippen LogP contribution in [0.3, 0.4) is 0 Å². The molecule has 1 aliphatic heterocycles. The fourth-order valence-corrected chi connectivity index (χ4v) is 5.69. The molecule has 0 unspecified atom stereocenters. The largest absolute Gasteiger partial charge is 0.497 e. The van der Waals surface area contributed by atoms with Gasteiger partial charge in [-0.05, 0) is 43.3 Å². The number of benzene rings is 2. The number of imidazole rings is 1. The van der Waals surface area contributed by atoms with Gasteiger partial charge in [0.1, 0.15) is 11.9 Å². The number of rotatable bonds is 9. The highest BCUT2D eigenvalue weighted by Crippen LogP contribution is 2.35. The van der Waals surface area contributed by atoms with Crippen LogP contribution in [0.2, 0.25) is 0 Å². The molecule has 14 heteroatoms. The molecular formula is C28H36N6O7S. The number of aliphatic hydroxyl groups excluding tert-OH is 1. The molecule has 1 aromatic heterocycles. The first-order chi connectivity index (χ1) is 19.9. The number of nitrogens with zero attached hydrogens (tertiary/aromatic N) is 4. The molecule has 0 radical (unpaired) electrons. The highest BCUT2D eigenvalue weighted by Gasteiger charge is 2.36. The molecular weight excluding hydrogens is 564 g/mol. The van der Waals surface area contributed by atoms with Crippen LogP contribution in [-0.2, 0) is 17.1 Å². The first kappa shape index (κ1) is 30.8. The Morgan fingerprint density at radius 1 is 1.24 bits per heavy atom. The van der Waals surface area contributed by atoms with Crippen molar-refractivity contribution in [3.63, 3.8) is 0 Å². The summed E-state index contributed by atoms with van der Waals surface area (Å²) in [7, 11) is 0.715. The summed E-state index contributed by atoms with van der Waals surface area (Å²) in [6, 6.07) is 10.4. The van der Waals surface area contributed by atoms with E-state index in [2.05, 4.69) is 15.6 Å². The molecule has 3 atom stereocenters. The second-order valence-corrected chi connectivity index (χ2v) is 12.3. The zero-order chi connectivity index (χ0) is 30.6.